The van der Waals surface area contributed by atoms with Crippen LogP contribution in [0.4, 0.5) is 0 Å². The maximum absolute atomic E-state index is 12.1. The molecule has 17 heavy (non-hydrogen) atoms. The number of hydrogen-bond donors (Lipinski definition) is 1. The van der Waals surface area contributed by atoms with Crippen LogP contribution in [0, 0.1) is 17.3 Å². The highest BCUT2D eigenvalue weighted by molar-refractivity contribution is 5.78. The van der Waals surface area contributed by atoms with E-state index in [0.29, 0.717) is 12.0 Å². The second-order valence-corrected chi connectivity index (χ2v) is 6.40. The fourth-order valence-electron chi connectivity index (χ4n) is 2.78. The smallest absolute Gasteiger partial charge is 0.225 e. The fraction of sp³-hybridized carbons (Fsp3) is 0.929. The van der Waals surface area contributed by atoms with E-state index in [9.17, 15) is 4.79 Å². The van der Waals surface area contributed by atoms with Gasteiger partial charge in [-0.3, -0.25) is 4.79 Å². The van der Waals surface area contributed by atoms with E-state index in [-0.39, 0.29) is 18.4 Å². The van der Waals surface area contributed by atoms with Gasteiger partial charge in [0, 0.05) is 19.5 Å². The van der Waals surface area contributed by atoms with E-state index in [1.165, 1.54) is 0 Å². The number of aliphatic hydroxyl groups excluding tert-OH is 1. The zero-order valence-electron chi connectivity index (χ0n) is 11.7. The number of rotatable bonds is 3. The second-order valence-electron chi connectivity index (χ2n) is 6.40. The maximum atomic E-state index is 12.1. The van der Waals surface area contributed by atoms with Gasteiger partial charge in [0.15, 0.2) is 0 Å². The Morgan fingerprint density at radius 2 is 1.76 bits per heavy atom. The molecule has 3 heteroatoms. The van der Waals surface area contributed by atoms with Crippen molar-refractivity contribution in [2.75, 3.05) is 20.2 Å². The van der Waals surface area contributed by atoms with Crippen LogP contribution >= 0.6 is 0 Å². The summed E-state index contributed by atoms with van der Waals surface area (Å²) in [6.07, 6.45) is 4.34. The largest absolute Gasteiger partial charge is 0.395 e. The number of amides is 1. The zero-order chi connectivity index (χ0) is 13.1. The van der Waals surface area contributed by atoms with Crippen molar-refractivity contribution in [3.05, 3.63) is 0 Å². The van der Waals surface area contributed by atoms with Crippen molar-refractivity contribution in [1.29, 1.82) is 0 Å². The van der Waals surface area contributed by atoms with Gasteiger partial charge in [0.25, 0.3) is 0 Å². The molecule has 0 bridgehead atoms. The second kappa shape index (κ2) is 5.85. The molecule has 0 aromatic rings. The van der Waals surface area contributed by atoms with Gasteiger partial charge in [-0.1, -0.05) is 20.8 Å². The number of hydrogen-bond acceptors (Lipinski definition) is 2. The first-order valence-electron chi connectivity index (χ1n) is 6.72. The Bertz CT molecular complexity index is 249. The molecule has 0 atom stereocenters. The topological polar surface area (TPSA) is 40.5 Å². The number of nitrogens with zero attached hydrogens (tertiary/aromatic N) is 1. The lowest BCUT2D eigenvalue weighted by atomic mass is 9.69. The minimum atomic E-state index is 0.0551. The third-order valence-electron chi connectivity index (χ3n) is 4.11. The van der Waals surface area contributed by atoms with Crippen LogP contribution < -0.4 is 0 Å². The lowest BCUT2D eigenvalue weighted by molar-refractivity contribution is -0.136. The Kier molecular flexibility index (Phi) is 4.99. The summed E-state index contributed by atoms with van der Waals surface area (Å²) in [5, 5.41) is 8.84. The number of aliphatic hydroxyl groups is 1. The number of carbonyl (C=O) groups is 1. The highest BCUT2D eigenvalue weighted by Crippen LogP contribution is 2.40. The molecule has 1 N–H and O–H groups in total. The normalized spacial score (nSPS) is 25.7. The highest BCUT2D eigenvalue weighted by Gasteiger charge is 2.33. The summed E-state index contributed by atoms with van der Waals surface area (Å²) < 4.78 is 0. The van der Waals surface area contributed by atoms with Gasteiger partial charge in [-0.25, -0.2) is 0 Å². The SMILES string of the molecule is CN(CCO)C(=O)C1CCC(C(C)(C)C)CC1. The van der Waals surface area contributed by atoms with Gasteiger partial charge in [-0.2, -0.15) is 0 Å². The van der Waals surface area contributed by atoms with Crippen molar-refractivity contribution in [1.82, 2.24) is 4.90 Å². The monoisotopic (exact) mass is 241 g/mol. The predicted molar refractivity (Wildman–Crippen MR) is 69.6 cm³/mol. The summed E-state index contributed by atoms with van der Waals surface area (Å²) in [6, 6.07) is 0. The molecule has 3 nitrogen and oxygen atoms in total. The molecule has 1 aliphatic carbocycles. The molecule has 0 aromatic heterocycles. The lowest BCUT2D eigenvalue weighted by Gasteiger charge is -2.37. The van der Waals surface area contributed by atoms with Crippen molar-refractivity contribution in [2.24, 2.45) is 17.3 Å². The van der Waals surface area contributed by atoms with E-state index < -0.39 is 0 Å². The van der Waals surface area contributed by atoms with Crippen molar-refractivity contribution in [2.45, 2.75) is 46.5 Å². The van der Waals surface area contributed by atoms with E-state index in [2.05, 4.69) is 20.8 Å². The first-order chi connectivity index (χ1) is 7.86. The molecular formula is C14H27NO2. The Labute approximate surface area is 105 Å². The summed E-state index contributed by atoms with van der Waals surface area (Å²) in [5.41, 5.74) is 0.366. The molecule has 1 aliphatic rings. The van der Waals surface area contributed by atoms with Crippen LogP contribution in [0.2, 0.25) is 0 Å². The molecule has 0 unspecified atom stereocenters. The third-order valence-corrected chi connectivity index (χ3v) is 4.11. The van der Waals surface area contributed by atoms with Crippen molar-refractivity contribution >= 4 is 5.91 Å². The Morgan fingerprint density at radius 3 is 2.18 bits per heavy atom. The Hall–Kier alpha value is -0.570. The van der Waals surface area contributed by atoms with E-state index in [1.54, 1.807) is 11.9 Å². The summed E-state index contributed by atoms with van der Waals surface area (Å²) in [4.78, 5) is 13.7. The van der Waals surface area contributed by atoms with Gasteiger partial charge in [0.2, 0.25) is 5.91 Å². The van der Waals surface area contributed by atoms with E-state index in [0.717, 1.165) is 31.6 Å². The fourth-order valence-corrected chi connectivity index (χ4v) is 2.78. The van der Waals surface area contributed by atoms with Crippen LogP contribution in [0.25, 0.3) is 0 Å². The minimum Gasteiger partial charge on any atom is -0.395 e. The molecule has 1 saturated carbocycles. The lowest BCUT2D eigenvalue weighted by Crippen LogP contribution is -2.37. The van der Waals surface area contributed by atoms with Gasteiger partial charge in [-0.15, -0.1) is 0 Å². The van der Waals surface area contributed by atoms with Crippen LogP contribution in [0.15, 0.2) is 0 Å². The molecule has 0 aliphatic heterocycles. The van der Waals surface area contributed by atoms with Crippen LogP contribution in [0.3, 0.4) is 0 Å². The maximum Gasteiger partial charge on any atom is 0.225 e. The van der Waals surface area contributed by atoms with Crippen LogP contribution in [0.5, 0.6) is 0 Å². The Balaban J connectivity index is 2.44. The molecular weight excluding hydrogens is 214 g/mol. The van der Waals surface area contributed by atoms with Crippen LogP contribution in [-0.2, 0) is 4.79 Å². The standard InChI is InChI=1S/C14H27NO2/c1-14(2,3)12-7-5-11(6-8-12)13(17)15(4)9-10-16/h11-12,16H,5-10H2,1-4H3. The quantitative estimate of drug-likeness (QED) is 0.823. The summed E-state index contributed by atoms with van der Waals surface area (Å²) >= 11 is 0. The average molecular weight is 241 g/mol. The molecule has 0 heterocycles. The number of likely N-dealkylation sites (N-methyl/N-ethyl adjacent to an activating group) is 1. The molecule has 0 spiro atoms. The molecule has 100 valence electrons. The average Bonchev–Trinajstić information content (AvgIpc) is 2.27. The van der Waals surface area contributed by atoms with Gasteiger partial charge in [-0.05, 0) is 37.0 Å². The van der Waals surface area contributed by atoms with Gasteiger partial charge in [0.1, 0.15) is 0 Å². The molecule has 0 saturated heterocycles. The van der Waals surface area contributed by atoms with Gasteiger partial charge >= 0.3 is 0 Å². The van der Waals surface area contributed by atoms with Crippen LogP contribution in [-0.4, -0.2) is 36.1 Å². The van der Waals surface area contributed by atoms with Crippen LogP contribution in [0.1, 0.15) is 46.5 Å². The van der Waals surface area contributed by atoms with Gasteiger partial charge in [0.05, 0.1) is 6.61 Å². The van der Waals surface area contributed by atoms with Crippen molar-refractivity contribution in [3.8, 4) is 0 Å². The van der Waals surface area contributed by atoms with Crippen molar-refractivity contribution < 1.29 is 9.90 Å². The van der Waals surface area contributed by atoms with E-state index >= 15 is 0 Å². The van der Waals surface area contributed by atoms with Crippen molar-refractivity contribution in [3.63, 3.8) is 0 Å². The third kappa shape index (κ3) is 3.98. The summed E-state index contributed by atoms with van der Waals surface area (Å²) in [5.74, 6) is 1.14. The number of carbonyl (C=O) groups excluding carboxylic acids is 1. The molecule has 1 fully saturated rings. The first-order valence-corrected chi connectivity index (χ1v) is 6.72. The summed E-state index contributed by atoms with van der Waals surface area (Å²) in [7, 11) is 1.79. The van der Waals surface area contributed by atoms with Gasteiger partial charge < -0.3 is 10.0 Å². The predicted octanol–water partition coefficient (Wildman–Crippen LogP) is 2.29. The van der Waals surface area contributed by atoms with E-state index in [1.807, 2.05) is 0 Å². The zero-order valence-corrected chi connectivity index (χ0v) is 11.7. The molecule has 0 aromatic carbocycles. The molecule has 1 rings (SSSR count). The Morgan fingerprint density at radius 1 is 1.24 bits per heavy atom. The highest BCUT2D eigenvalue weighted by atomic mass is 16.3. The first kappa shape index (κ1) is 14.5. The molecule has 0 radical (unpaired) electrons. The summed E-state index contributed by atoms with van der Waals surface area (Å²) in [6.45, 7) is 7.38. The van der Waals surface area contributed by atoms with E-state index in [4.69, 9.17) is 5.11 Å². The molecule has 1 amide bonds. The minimum absolute atomic E-state index is 0.0551.